The van der Waals surface area contributed by atoms with Gasteiger partial charge in [0.15, 0.2) is 23.0 Å². The monoisotopic (exact) mass is 590 g/mol. The zero-order valence-electron chi connectivity index (χ0n) is 19.2. The second-order valence-electron chi connectivity index (χ2n) is 7.12. The van der Waals surface area contributed by atoms with E-state index in [1.807, 2.05) is 6.07 Å². The molecule has 1 amide bonds. The maximum atomic E-state index is 13.4. The van der Waals surface area contributed by atoms with Crippen LogP contribution in [0.5, 0.6) is 23.0 Å². The summed E-state index contributed by atoms with van der Waals surface area (Å²) in [5.74, 6) is 1.22. The summed E-state index contributed by atoms with van der Waals surface area (Å²) in [7, 11) is 3.02. The average molecular weight is 590 g/mol. The van der Waals surface area contributed by atoms with Gasteiger partial charge in [-0.2, -0.15) is 5.10 Å². The van der Waals surface area contributed by atoms with Crippen molar-refractivity contribution in [3.8, 4) is 23.0 Å². The summed E-state index contributed by atoms with van der Waals surface area (Å²) in [6.07, 6.45) is 3.12. The Bertz CT molecular complexity index is 1230. The van der Waals surface area contributed by atoms with Gasteiger partial charge in [0.1, 0.15) is 19.0 Å². The molecule has 0 aliphatic carbocycles. The number of carbonyl (C=O) groups excluding carboxylic acids is 1. The second kappa shape index (κ2) is 12.7. The predicted molar refractivity (Wildman–Crippen MR) is 140 cm³/mol. The number of amides is 1. The molecule has 0 bridgehead atoms. The number of methoxy groups -OCH3 is 2. The normalized spacial score (nSPS) is 10.6. The van der Waals surface area contributed by atoms with Gasteiger partial charge in [-0.05, 0) is 76.2 Å². The lowest BCUT2D eigenvalue weighted by Gasteiger charge is -2.13. The molecule has 0 heterocycles. The van der Waals surface area contributed by atoms with Gasteiger partial charge < -0.3 is 18.9 Å². The Kier molecular flexibility index (Phi) is 9.47. The number of benzene rings is 3. The van der Waals surface area contributed by atoms with E-state index >= 15 is 0 Å². The molecular weight excluding hydrogens is 566 g/mol. The number of hydrogen-bond donors (Lipinski definition) is 1. The molecular formula is C26H24FIN2O5. The van der Waals surface area contributed by atoms with Gasteiger partial charge in [0, 0.05) is 5.56 Å². The van der Waals surface area contributed by atoms with E-state index in [1.165, 1.54) is 32.6 Å². The number of hydrazone groups is 1. The first-order valence-corrected chi connectivity index (χ1v) is 11.5. The molecule has 182 valence electrons. The predicted octanol–water partition coefficient (Wildman–Crippen LogP) is 5.36. The molecule has 0 saturated heterocycles. The number of hydrogen-bond acceptors (Lipinski definition) is 6. The summed E-state index contributed by atoms with van der Waals surface area (Å²) >= 11 is 2.12. The zero-order chi connectivity index (χ0) is 25.2. The molecule has 9 heteroatoms. The highest BCUT2D eigenvalue weighted by molar-refractivity contribution is 14.1. The maximum absolute atomic E-state index is 13.4. The van der Waals surface area contributed by atoms with Crippen molar-refractivity contribution in [3.05, 3.63) is 93.3 Å². The quantitative estimate of drug-likeness (QED) is 0.141. The lowest BCUT2D eigenvalue weighted by molar-refractivity contribution is 0.0954. The van der Waals surface area contributed by atoms with Crippen molar-refractivity contribution in [2.75, 3.05) is 20.8 Å². The van der Waals surface area contributed by atoms with Gasteiger partial charge in [-0.15, -0.1) is 0 Å². The van der Waals surface area contributed by atoms with Gasteiger partial charge in [0.25, 0.3) is 5.91 Å². The van der Waals surface area contributed by atoms with Gasteiger partial charge in [-0.25, -0.2) is 9.82 Å². The van der Waals surface area contributed by atoms with Gasteiger partial charge in [0.05, 0.1) is 24.0 Å². The number of nitrogens with one attached hydrogen (secondary N) is 1. The molecule has 0 saturated carbocycles. The summed E-state index contributed by atoms with van der Waals surface area (Å²) in [5, 5.41) is 4.04. The summed E-state index contributed by atoms with van der Waals surface area (Å²) in [4.78, 5) is 12.5. The SMILES string of the molecule is C=CCOc1ccc(C(=O)N/N=C/c2cc(I)c(OCc3cccc(F)c3)c(OC)c2)cc1OC. The van der Waals surface area contributed by atoms with E-state index in [2.05, 4.69) is 39.7 Å². The summed E-state index contributed by atoms with van der Waals surface area (Å²) in [5.41, 5.74) is 4.24. The van der Waals surface area contributed by atoms with Crippen molar-refractivity contribution >= 4 is 34.7 Å². The average Bonchev–Trinajstić information content (AvgIpc) is 2.86. The van der Waals surface area contributed by atoms with Crippen LogP contribution in [0, 0.1) is 9.39 Å². The van der Waals surface area contributed by atoms with Crippen LogP contribution in [0.15, 0.2) is 72.4 Å². The minimum absolute atomic E-state index is 0.189. The van der Waals surface area contributed by atoms with Gasteiger partial charge in [-0.3, -0.25) is 4.79 Å². The van der Waals surface area contributed by atoms with Crippen molar-refractivity contribution < 1.29 is 28.1 Å². The smallest absolute Gasteiger partial charge is 0.271 e. The third kappa shape index (κ3) is 7.19. The highest BCUT2D eigenvalue weighted by atomic mass is 127. The van der Waals surface area contributed by atoms with Crippen LogP contribution in [0.4, 0.5) is 4.39 Å². The van der Waals surface area contributed by atoms with Crippen LogP contribution in [0.25, 0.3) is 0 Å². The van der Waals surface area contributed by atoms with Crippen molar-refractivity contribution in [2.45, 2.75) is 6.61 Å². The molecule has 3 rings (SSSR count). The van der Waals surface area contributed by atoms with Gasteiger partial charge >= 0.3 is 0 Å². The van der Waals surface area contributed by atoms with Crippen LogP contribution in [-0.4, -0.2) is 32.9 Å². The number of rotatable bonds is 11. The van der Waals surface area contributed by atoms with Crippen molar-refractivity contribution in [1.29, 1.82) is 0 Å². The minimum atomic E-state index is -0.411. The fraction of sp³-hybridized carbons (Fsp3) is 0.154. The molecule has 0 aromatic heterocycles. The van der Waals surface area contributed by atoms with Crippen LogP contribution >= 0.6 is 22.6 Å². The van der Waals surface area contributed by atoms with E-state index in [-0.39, 0.29) is 12.4 Å². The number of nitrogens with zero attached hydrogens (tertiary/aromatic N) is 1. The highest BCUT2D eigenvalue weighted by Crippen LogP contribution is 2.34. The second-order valence-corrected chi connectivity index (χ2v) is 8.28. The summed E-state index contributed by atoms with van der Waals surface area (Å²) < 4.78 is 36.3. The molecule has 7 nitrogen and oxygen atoms in total. The first-order chi connectivity index (χ1) is 16.9. The minimum Gasteiger partial charge on any atom is -0.493 e. The standard InChI is InChI=1S/C26H24FIN2O5/c1-4-10-34-22-9-8-19(14-23(22)32-2)26(31)30-29-15-18-12-21(28)25(24(13-18)33-3)35-16-17-6-5-7-20(27)11-17/h4-9,11-15H,1,10,16H2,2-3H3,(H,30,31)/b29-15+. The van der Waals surface area contributed by atoms with Crippen molar-refractivity contribution in [1.82, 2.24) is 5.43 Å². The van der Waals surface area contributed by atoms with E-state index < -0.39 is 5.91 Å². The molecule has 0 spiro atoms. The Labute approximate surface area is 216 Å². The van der Waals surface area contributed by atoms with Crippen LogP contribution in [0.3, 0.4) is 0 Å². The fourth-order valence-electron chi connectivity index (χ4n) is 3.04. The lowest BCUT2D eigenvalue weighted by Crippen LogP contribution is -2.17. The summed E-state index contributed by atoms with van der Waals surface area (Å²) in [6.45, 7) is 4.12. The Morgan fingerprint density at radius 2 is 1.86 bits per heavy atom. The topological polar surface area (TPSA) is 78.4 Å². The molecule has 0 unspecified atom stereocenters. The molecule has 0 atom stereocenters. The first kappa shape index (κ1) is 26.0. The number of ether oxygens (including phenoxy) is 4. The van der Waals surface area contributed by atoms with Crippen LogP contribution in [0.1, 0.15) is 21.5 Å². The Morgan fingerprint density at radius 1 is 1.06 bits per heavy atom. The van der Waals surface area contributed by atoms with Crippen LogP contribution in [0.2, 0.25) is 0 Å². The molecule has 0 radical (unpaired) electrons. The van der Waals surface area contributed by atoms with E-state index in [4.69, 9.17) is 18.9 Å². The number of carbonyl (C=O) groups is 1. The van der Waals surface area contributed by atoms with Crippen LogP contribution < -0.4 is 24.4 Å². The van der Waals surface area contributed by atoms with E-state index in [9.17, 15) is 9.18 Å². The summed E-state index contributed by atoms with van der Waals surface area (Å²) in [6, 6.07) is 14.6. The third-order valence-electron chi connectivity index (χ3n) is 4.69. The molecule has 3 aromatic rings. The van der Waals surface area contributed by atoms with Gasteiger partial charge in [0.2, 0.25) is 0 Å². The first-order valence-electron chi connectivity index (χ1n) is 10.4. The van der Waals surface area contributed by atoms with E-state index in [0.717, 1.165) is 3.57 Å². The Hall–Kier alpha value is -3.60. The largest absolute Gasteiger partial charge is 0.493 e. The van der Waals surface area contributed by atoms with Crippen molar-refractivity contribution in [2.24, 2.45) is 5.10 Å². The lowest BCUT2D eigenvalue weighted by atomic mass is 10.2. The van der Waals surface area contributed by atoms with Crippen molar-refractivity contribution in [3.63, 3.8) is 0 Å². The maximum Gasteiger partial charge on any atom is 0.271 e. The molecule has 35 heavy (non-hydrogen) atoms. The fourth-order valence-corrected chi connectivity index (χ4v) is 3.82. The molecule has 0 aliphatic rings. The van der Waals surface area contributed by atoms with Gasteiger partial charge in [-0.1, -0.05) is 24.8 Å². The molecule has 0 fully saturated rings. The highest BCUT2D eigenvalue weighted by Gasteiger charge is 2.13. The van der Waals surface area contributed by atoms with Crippen LogP contribution in [-0.2, 0) is 6.61 Å². The third-order valence-corrected chi connectivity index (χ3v) is 5.49. The molecule has 0 aliphatic heterocycles. The molecule has 3 aromatic carbocycles. The number of halogens is 2. The Morgan fingerprint density at radius 3 is 2.57 bits per heavy atom. The zero-order valence-corrected chi connectivity index (χ0v) is 21.4. The van der Waals surface area contributed by atoms with E-state index in [1.54, 1.807) is 42.5 Å². The Balaban J connectivity index is 1.68. The molecule has 1 N–H and O–H groups in total. The van der Waals surface area contributed by atoms with E-state index in [0.29, 0.717) is 46.3 Å².